The topological polar surface area (TPSA) is 29.5 Å². The van der Waals surface area contributed by atoms with Gasteiger partial charge < -0.3 is 9.84 Å². The molecule has 3 rings (SSSR count). The minimum atomic E-state index is -0.333. The molecule has 2 fully saturated rings. The Morgan fingerprint density at radius 2 is 2.17 bits per heavy atom. The molecular weight excluding hydrogens is 292 g/mol. The molecule has 4 atom stereocenters. The summed E-state index contributed by atoms with van der Waals surface area (Å²) < 4.78 is 6.15. The van der Waals surface area contributed by atoms with Gasteiger partial charge in [-0.3, -0.25) is 0 Å². The van der Waals surface area contributed by atoms with Crippen molar-refractivity contribution in [1.82, 2.24) is 0 Å². The van der Waals surface area contributed by atoms with Crippen LogP contribution in [0.25, 0.3) is 0 Å². The maximum absolute atomic E-state index is 10.6. The first kappa shape index (κ1) is 12.5. The quantitative estimate of drug-likeness (QED) is 0.916. The second-order valence-electron chi connectivity index (χ2n) is 5.67. The molecule has 0 aliphatic heterocycles. The van der Waals surface area contributed by atoms with Crippen LogP contribution in [0, 0.1) is 17.8 Å². The normalized spacial score (nSPS) is 31.6. The van der Waals surface area contributed by atoms with Crippen LogP contribution in [0.3, 0.4) is 0 Å². The molecule has 0 aromatic heterocycles. The van der Waals surface area contributed by atoms with Gasteiger partial charge in [-0.05, 0) is 54.7 Å². The number of rotatable bonds is 3. The lowest BCUT2D eigenvalue weighted by Gasteiger charge is -2.27. The highest BCUT2D eigenvalue weighted by Gasteiger charge is 2.43. The van der Waals surface area contributed by atoms with Gasteiger partial charge in [0.25, 0.3) is 0 Å². The lowest BCUT2D eigenvalue weighted by atomic mass is 9.82. The summed E-state index contributed by atoms with van der Waals surface area (Å²) in [7, 11) is 1.66. The van der Waals surface area contributed by atoms with Gasteiger partial charge in [-0.15, -0.1) is 0 Å². The monoisotopic (exact) mass is 310 g/mol. The van der Waals surface area contributed by atoms with E-state index in [1.807, 2.05) is 18.2 Å². The molecule has 0 spiro atoms. The highest BCUT2D eigenvalue weighted by atomic mass is 79.9. The van der Waals surface area contributed by atoms with E-state index in [1.54, 1.807) is 7.11 Å². The predicted molar refractivity (Wildman–Crippen MR) is 74.6 cm³/mol. The van der Waals surface area contributed by atoms with Crippen LogP contribution in [0.4, 0.5) is 0 Å². The number of ether oxygens (including phenoxy) is 1. The van der Waals surface area contributed by atoms with Crippen LogP contribution >= 0.6 is 15.9 Å². The van der Waals surface area contributed by atoms with Gasteiger partial charge in [-0.25, -0.2) is 0 Å². The van der Waals surface area contributed by atoms with Gasteiger partial charge in [0.1, 0.15) is 5.75 Å². The molecular formula is C15H19BrO2. The van der Waals surface area contributed by atoms with Crippen molar-refractivity contribution in [2.45, 2.75) is 31.8 Å². The van der Waals surface area contributed by atoms with Crippen molar-refractivity contribution in [2.24, 2.45) is 17.8 Å². The van der Waals surface area contributed by atoms with Crippen molar-refractivity contribution in [3.8, 4) is 5.75 Å². The van der Waals surface area contributed by atoms with Gasteiger partial charge in [0.2, 0.25) is 0 Å². The van der Waals surface area contributed by atoms with Gasteiger partial charge in [-0.1, -0.05) is 28.4 Å². The third-order valence-electron chi connectivity index (χ3n) is 4.72. The zero-order valence-electron chi connectivity index (χ0n) is 10.6. The average molecular weight is 311 g/mol. The fraction of sp³-hybridized carbons (Fsp3) is 0.600. The van der Waals surface area contributed by atoms with Crippen LogP contribution in [0.5, 0.6) is 5.75 Å². The molecule has 2 bridgehead atoms. The first-order chi connectivity index (χ1) is 8.69. The van der Waals surface area contributed by atoms with Crippen LogP contribution in [-0.4, -0.2) is 12.2 Å². The van der Waals surface area contributed by atoms with E-state index < -0.39 is 0 Å². The molecule has 1 N–H and O–H groups in total. The zero-order valence-corrected chi connectivity index (χ0v) is 12.2. The number of fused-ring (bicyclic) bond motifs is 2. The molecule has 18 heavy (non-hydrogen) atoms. The van der Waals surface area contributed by atoms with E-state index in [1.165, 1.54) is 25.7 Å². The molecule has 2 nitrogen and oxygen atoms in total. The Morgan fingerprint density at radius 1 is 1.33 bits per heavy atom. The van der Waals surface area contributed by atoms with E-state index in [4.69, 9.17) is 4.74 Å². The molecule has 0 radical (unpaired) electrons. The third-order valence-corrected chi connectivity index (χ3v) is 5.41. The Labute approximate surface area is 116 Å². The maximum Gasteiger partial charge on any atom is 0.120 e. The van der Waals surface area contributed by atoms with E-state index in [2.05, 4.69) is 15.9 Å². The van der Waals surface area contributed by atoms with E-state index in [9.17, 15) is 5.11 Å². The lowest BCUT2D eigenvalue weighted by molar-refractivity contribution is 0.0739. The highest BCUT2D eigenvalue weighted by molar-refractivity contribution is 9.10. The summed E-state index contributed by atoms with van der Waals surface area (Å²) in [6.07, 6.45) is 4.87. The SMILES string of the molecule is COc1ccc(C(O)C2CC3CCC2C3)c(Br)c1. The first-order valence-electron chi connectivity index (χ1n) is 6.70. The number of hydrogen-bond acceptors (Lipinski definition) is 2. The van der Waals surface area contributed by atoms with Gasteiger partial charge in [0.15, 0.2) is 0 Å². The van der Waals surface area contributed by atoms with Crippen molar-refractivity contribution in [1.29, 1.82) is 0 Å². The minimum Gasteiger partial charge on any atom is -0.497 e. The summed E-state index contributed by atoms with van der Waals surface area (Å²) in [4.78, 5) is 0. The Balaban J connectivity index is 1.82. The average Bonchev–Trinajstić information content (AvgIpc) is 3.00. The molecule has 2 aliphatic rings. The van der Waals surface area contributed by atoms with Crippen LogP contribution in [0.1, 0.15) is 37.4 Å². The summed E-state index contributed by atoms with van der Waals surface area (Å²) in [6.45, 7) is 0. The number of methoxy groups -OCH3 is 1. The second-order valence-corrected chi connectivity index (χ2v) is 6.53. The molecule has 2 aliphatic carbocycles. The van der Waals surface area contributed by atoms with Gasteiger partial charge >= 0.3 is 0 Å². The van der Waals surface area contributed by atoms with Crippen LogP contribution in [0.15, 0.2) is 22.7 Å². The molecule has 1 aromatic carbocycles. The van der Waals surface area contributed by atoms with Crippen molar-refractivity contribution in [2.75, 3.05) is 7.11 Å². The summed E-state index contributed by atoms with van der Waals surface area (Å²) in [5.74, 6) is 2.88. The number of aliphatic hydroxyl groups excluding tert-OH is 1. The molecule has 0 amide bonds. The third kappa shape index (κ3) is 2.08. The van der Waals surface area contributed by atoms with E-state index in [0.717, 1.165) is 27.6 Å². The molecule has 2 saturated carbocycles. The molecule has 0 heterocycles. The molecule has 98 valence electrons. The summed E-state index contributed by atoms with van der Waals surface area (Å²) in [5, 5.41) is 10.6. The maximum atomic E-state index is 10.6. The smallest absolute Gasteiger partial charge is 0.120 e. The summed E-state index contributed by atoms with van der Waals surface area (Å²) in [5.41, 5.74) is 1.01. The lowest BCUT2D eigenvalue weighted by Crippen LogP contribution is -2.19. The van der Waals surface area contributed by atoms with Crippen molar-refractivity contribution in [3.05, 3.63) is 28.2 Å². The zero-order chi connectivity index (χ0) is 12.7. The van der Waals surface area contributed by atoms with Gasteiger partial charge in [-0.2, -0.15) is 0 Å². The highest BCUT2D eigenvalue weighted by Crippen LogP contribution is 2.53. The van der Waals surface area contributed by atoms with E-state index in [0.29, 0.717) is 5.92 Å². The first-order valence-corrected chi connectivity index (χ1v) is 7.50. The van der Waals surface area contributed by atoms with Crippen molar-refractivity contribution >= 4 is 15.9 Å². The Bertz CT molecular complexity index is 446. The van der Waals surface area contributed by atoms with Crippen molar-refractivity contribution < 1.29 is 9.84 Å². The Morgan fingerprint density at radius 3 is 2.72 bits per heavy atom. The fourth-order valence-corrected chi connectivity index (χ4v) is 4.38. The number of aliphatic hydroxyl groups is 1. The minimum absolute atomic E-state index is 0.333. The van der Waals surface area contributed by atoms with Gasteiger partial charge in [0.05, 0.1) is 13.2 Å². The number of benzene rings is 1. The van der Waals surface area contributed by atoms with Gasteiger partial charge in [0, 0.05) is 4.47 Å². The van der Waals surface area contributed by atoms with E-state index >= 15 is 0 Å². The molecule has 4 unspecified atom stereocenters. The number of hydrogen-bond donors (Lipinski definition) is 1. The second kappa shape index (κ2) is 4.86. The fourth-order valence-electron chi connectivity index (χ4n) is 3.79. The Hall–Kier alpha value is -0.540. The van der Waals surface area contributed by atoms with Crippen molar-refractivity contribution in [3.63, 3.8) is 0 Å². The summed E-state index contributed by atoms with van der Waals surface area (Å²) in [6, 6.07) is 5.85. The molecule has 1 aromatic rings. The molecule has 3 heteroatoms. The number of halogens is 1. The summed E-state index contributed by atoms with van der Waals surface area (Å²) >= 11 is 3.55. The largest absolute Gasteiger partial charge is 0.497 e. The van der Waals surface area contributed by atoms with Crippen LogP contribution in [-0.2, 0) is 0 Å². The van der Waals surface area contributed by atoms with E-state index in [-0.39, 0.29) is 6.10 Å². The van der Waals surface area contributed by atoms with Crippen LogP contribution in [0.2, 0.25) is 0 Å². The van der Waals surface area contributed by atoms with Crippen LogP contribution < -0.4 is 4.74 Å². The standard InChI is InChI=1S/C15H19BrO2/c1-18-11-4-5-12(14(16)8-11)15(17)13-7-9-2-3-10(13)6-9/h4-5,8-10,13,15,17H,2-3,6-7H2,1H3. The molecule has 0 saturated heterocycles. The predicted octanol–water partition coefficient (Wildman–Crippen LogP) is 3.93. The Kier molecular flexibility index (Phi) is 3.37.